The van der Waals surface area contributed by atoms with Gasteiger partial charge in [0.05, 0.1) is 0 Å². The van der Waals surface area contributed by atoms with Crippen molar-refractivity contribution in [3.05, 3.63) is 45.9 Å². The van der Waals surface area contributed by atoms with Crippen LogP contribution in [0.4, 0.5) is 0 Å². The Morgan fingerprint density at radius 3 is 1.85 bits per heavy atom. The molecule has 63 valence electrons. The third-order valence-electron chi connectivity index (χ3n) is 2.02. The summed E-state index contributed by atoms with van der Waals surface area (Å²) in [5.74, 6) is -0.362. The third kappa shape index (κ3) is 1.09. The van der Waals surface area contributed by atoms with Gasteiger partial charge in [-0.25, -0.2) is 0 Å². The zero-order valence-electron chi connectivity index (χ0n) is 6.61. The summed E-state index contributed by atoms with van der Waals surface area (Å²) < 4.78 is 0. The van der Waals surface area contributed by atoms with Crippen molar-refractivity contribution in [3.8, 4) is 0 Å². The van der Waals surface area contributed by atoms with E-state index in [0.717, 1.165) is 0 Å². The summed E-state index contributed by atoms with van der Waals surface area (Å²) in [7, 11) is 0. The molecular formula is C10H5O2Se. The second kappa shape index (κ2) is 2.95. The Bertz CT molecular complexity index is 395. The van der Waals surface area contributed by atoms with Gasteiger partial charge in [0.1, 0.15) is 0 Å². The van der Waals surface area contributed by atoms with Gasteiger partial charge in [-0.15, -0.1) is 0 Å². The molecule has 1 aromatic carbocycles. The standard InChI is InChI=1S/C10H5O2Se/c11-9-6-3-1-2-4-7(6)10(12)8(9)5-13/h1-5H. The number of allylic oxidation sites excluding steroid dienone is 1. The summed E-state index contributed by atoms with van der Waals surface area (Å²) >= 11 is 2.58. The second-order valence-corrected chi connectivity index (χ2v) is 3.23. The number of fused-ring (bicyclic) bond motifs is 1. The van der Waals surface area contributed by atoms with Gasteiger partial charge in [-0.2, -0.15) is 0 Å². The molecule has 0 saturated heterocycles. The molecule has 2 rings (SSSR count). The van der Waals surface area contributed by atoms with Gasteiger partial charge in [0.15, 0.2) is 0 Å². The van der Waals surface area contributed by atoms with Crippen molar-refractivity contribution in [2.45, 2.75) is 0 Å². The predicted molar refractivity (Wildman–Crippen MR) is 48.9 cm³/mol. The molecule has 0 spiro atoms. The Labute approximate surface area is 83.5 Å². The molecule has 0 saturated carbocycles. The quantitative estimate of drug-likeness (QED) is 0.384. The van der Waals surface area contributed by atoms with Crippen molar-refractivity contribution >= 4 is 27.6 Å². The van der Waals surface area contributed by atoms with Gasteiger partial charge in [0.25, 0.3) is 0 Å². The minimum absolute atomic E-state index is 0.181. The fourth-order valence-corrected chi connectivity index (χ4v) is 1.83. The Hall–Kier alpha value is -1.18. The number of hydrogen-bond donors (Lipinski definition) is 0. The molecule has 13 heavy (non-hydrogen) atoms. The van der Waals surface area contributed by atoms with Crippen LogP contribution in [0.2, 0.25) is 0 Å². The zero-order valence-corrected chi connectivity index (χ0v) is 8.32. The van der Waals surface area contributed by atoms with E-state index in [0.29, 0.717) is 11.1 Å². The van der Waals surface area contributed by atoms with E-state index in [1.54, 1.807) is 24.3 Å². The molecule has 2 nitrogen and oxygen atoms in total. The number of hydrogen-bond acceptors (Lipinski definition) is 2. The fourth-order valence-electron chi connectivity index (χ4n) is 1.38. The van der Waals surface area contributed by atoms with Crippen LogP contribution in [0.3, 0.4) is 0 Å². The van der Waals surface area contributed by atoms with E-state index >= 15 is 0 Å². The van der Waals surface area contributed by atoms with Gasteiger partial charge in [-0.3, -0.25) is 0 Å². The topological polar surface area (TPSA) is 34.1 Å². The van der Waals surface area contributed by atoms with Crippen LogP contribution < -0.4 is 0 Å². The van der Waals surface area contributed by atoms with Crippen LogP contribution in [-0.4, -0.2) is 27.6 Å². The summed E-state index contributed by atoms with van der Waals surface area (Å²) in [6.45, 7) is 0. The van der Waals surface area contributed by atoms with Crippen molar-refractivity contribution in [1.82, 2.24) is 0 Å². The molecule has 1 aliphatic rings. The molecule has 0 amide bonds. The Morgan fingerprint density at radius 2 is 1.46 bits per heavy atom. The Kier molecular flexibility index (Phi) is 1.91. The van der Waals surface area contributed by atoms with E-state index in [4.69, 9.17) is 0 Å². The number of ketones is 2. The molecular weight excluding hydrogens is 231 g/mol. The molecule has 0 unspecified atom stereocenters. The molecule has 0 aliphatic heterocycles. The minimum atomic E-state index is -0.181. The average molecular weight is 236 g/mol. The normalized spacial score (nSPS) is 14.6. The van der Waals surface area contributed by atoms with Gasteiger partial charge in [-0.1, -0.05) is 0 Å². The fraction of sp³-hybridized carbons (Fsp3) is 0. The van der Waals surface area contributed by atoms with Crippen molar-refractivity contribution in [2.24, 2.45) is 0 Å². The van der Waals surface area contributed by atoms with Crippen LogP contribution >= 0.6 is 0 Å². The predicted octanol–water partition coefficient (Wildman–Crippen LogP) is 1.12. The molecule has 0 fully saturated rings. The van der Waals surface area contributed by atoms with Crippen LogP contribution in [0.1, 0.15) is 20.7 Å². The van der Waals surface area contributed by atoms with Crippen LogP contribution in [0, 0.1) is 0 Å². The van der Waals surface area contributed by atoms with Crippen LogP contribution in [0.5, 0.6) is 0 Å². The third-order valence-corrected chi connectivity index (χ3v) is 2.52. The number of carbonyl (C=O) groups excluding carboxylic acids is 2. The van der Waals surface area contributed by atoms with E-state index in [-0.39, 0.29) is 17.1 Å². The molecule has 0 atom stereocenters. The van der Waals surface area contributed by atoms with Crippen LogP contribution in [0.15, 0.2) is 34.8 Å². The Morgan fingerprint density at radius 1 is 1.00 bits per heavy atom. The maximum atomic E-state index is 11.5. The number of carbonyl (C=O) groups is 2. The van der Waals surface area contributed by atoms with E-state index in [2.05, 4.69) is 16.0 Å². The molecule has 1 aliphatic carbocycles. The molecule has 1 aromatic rings. The number of Topliss-reactive ketones (excluding diaryl/α,β-unsaturated/α-hetero) is 2. The number of rotatable bonds is 0. The zero-order chi connectivity index (χ0) is 9.42. The van der Waals surface area contributed by atoms with Gasteiger partial charge >= 0.3 is 83.1 Å². The molecule has 0 N–H and O–H groups in total. The maximum absolute atomic E-state index is 11.5. The van der Waals surface area contributed by atoms with Crippen molar-refractivity contribution < 1.29 is 9.59 Å². The van der Waals surface area contributed by atoms with E-state index in [1.807, 2.05) is 0 Å². The molecule has 3 heteroatoms. The first-order valence-corrected chi connectivity index (χ1v) is 4.75. The first-order chi connectivity index (χ1) is 6.25. The Balaban J connectivity index is 2.71. The monoisotopic (exact) mass is 237 g/mol. The number of benzene rings is 1. The summed E-state index contributed by atoms with van der Waals surface area (Å²) in [4.78, 5) is 24.5. The van der Waals surface area contributed by atoms with Crippen molar-refractivity contribution in [3.63, 3.8) is 0 Å². The van der Waals surface area contributed by atoms with E-state index in [1.165, 1.54) is 4.97 Å². The first kappa shape index (κ1) is 8.42. The average Bonchev–Trinajstić information content (AvgIpc) is 2.41. The van der Waals surface area contributed by atoms with Gasteiger partial charge in [-0.05, 0) is 0 Å². The molecule has 0 aromatic heterocycles. The van der Waals surface area contributed by atoms with E-state index in [9.17, 15) is 9.59 Å². The SMILES string of the molecule is O=C1C(=C[Se])C(=O)c2ccccc21. The van der Waals surface area contributed by atoms with Crippen molar-refractivity contribution in [2.75, 3.05) is 0 Å². The van der Waals surface area contributed by atoms with Crippen LogP contribution in [-0.2, 0) is 0 Å². The molecule has 0 heterocycles. The van der Waals surface area contributed by atoms with Gasteiger partial charge in [0.2, 0.25) is 0 Å². The summed E-state index contributed by atoms with van der Waals surface area (Å²) in [6, 6.07) is 6.86. The van der Waals surface area contributed by atoms with Gasteiger partial charge < -0.3 is 0 Å². The first-order valence-electron chi connectivity index (χ1n) is 3.76. The molecule has 1 radical (unpaired) electrons. The van der Waals surface area contributed by atoms with Gasteiger partial charge in [0, 0.05) is 0 Å². The van der Waals surface area contributed by atoms with Crippen LogP contribution in [0.25, 0.3) is 0 Å². The second-order valence-electron chi connectivity index (χ2n) is 2.74. The molecule has 0 bridgehead atoms. The summed E-state index contributed by atoms with van der Waals surface area (Å²) in [6.07, 6.45) is 0. The summed E-state index contributed by atoms with van der Waals surface area (Å²) in [5, 5.41) is 0. The van der Waals surface area contributed by atoms with E-state index < -0.39 is 0 Å². The summed E-state index contributed by atoms with van der Waals surface area (Å²) in [5.41, 5.74) is 1.25. The van der Waals surface area contributed by atoms with Crippen molar-refractivity contribution in [1.29, 1.82) is 0 Å².